The summed E-state index contributed by atoms with van der Waals surface area (Å²) in [6.45, 7) is 0. The van der Waals surface area contributed by atoms with Crippen LogP contribution in [0.5, 0.6) is 0 Å². The van der Waals surface area contributed by atoms with Crippen LogP contribution in [-0.4, -0.2) is 0 Å². The van der Waals surface area contributed by atoms with Gasteiger partial charge in [0.05, 0.1) is 0 Å². The quantitative estimate of drug-likeness (QED) is 0.858. The third-order valence-corrected chi connectivity index (χ3v) is 3.80. The van der Waals surface area contributed by atoms with Gasteiger partial charge in [0.25, 0.3) is 0 Å². The first-order chi connectivity index (χ1) is 8.59. The van der Waals surface area contributed by atoms with Gasteiger partial charge in [0.2, 0.25) is 0 Å². The van der Waals surface area contributed by atoms with E-state index in [1.165, 1.54) is 0 Å². The molecule has 18 heavy (non-hydrogen) atoms. The molecule has 0 bridgehead atoms. The summed E-state index contributed by atoms with van der Waals surface area (Å²) < 4.78 is 0. The van der Waals surface area contributed by atoms with Crippen LogP contribution in [-0.2, 0) is 6.42 Å². The van der Waals surface area contributed by atoms with Gasteiger partial charge < -0.3 is 5.73 Å². The first-order valence-electron chi connectivity index (χ1n) is 5.52. The highest BCUT2D eigenvalue weighted by atomic mass is 35.5. The van der Waals surface area contributed by atoms with Crippen LogP contribution in [0.4, 0.5) is 0 Å². The summed E-state index contributed by atoms with van der Waals surface area (Å²) in [7, 11) is 0. The van der Waals surface area contributed by atoms with E-state index < -0.39 is 0 Å². The molecule has 2 N–H and O–H groups in total. The van der Waals surface area contributed by atoms with Crippen LogP contribution < -0.4 is 5.73 Å². The Morgan fingerprint density at radius 1 is 0.833 bits per heavy atom. The number of hydrogen-bond acceptors (Lipinski definition) is 1. The lowest BCUT2D eigenvalue weighted by atomic mass is 9.99. The smallest absolute Gasteiger partial charge is 0.0468 e. The molecular formula is C14H12Cl3N. The van der Waals surface area contributed by atoms with E-state index in [0.717, 1.165) is 11.1 Å². The number of nitrogens with two attached hydrogens (primary N) is 1. The van der Waals surface area contributed by atoms with Gasteiger partial charge in [0.15, 0.2) is 0 Å². The second kappa shape index (κ2) is 5.94. The van der Waals surface area contributed by atoms with Crippen LogP contribution in [0.15, 0.2) is 42.5 Å². The van der Waals surface area contributed by atoms with Crippen molar-refractivity contribution < 1.29 is 0 Å². The fraction of sp³-hybridized carbons (Fsp3) is 0.143. The Morgan fingerprint density at radius 3 is 2.00 bits per heavy atom. The molecule has 1 nitrogen and oxygen atoms in total. The van der Waals surface area contributed by atoms with Crippen LogP contribution in [0.3, 0.4) is 0 Å². The predicted octanol–water partition coefficient (Wildman–Crippen LogP) is 4.89. The lowest BCUT2D eigenvalue weighted by Gasteiger charge is -2.16. The van der Waals surface area contributed by atoms with Gasteiger partial charge in [-0.25, -0.2) is 0 Å². The molecule has 0 amide bonds. The molecule has 0 saturated carbocycles. The number of benzene rings is 2. The first kappa shape index (κ1) is 13.7. The molecule has 4 heteroatoms. The summed E-state index contributed by atoms with van der Waals surface area (Å²) in [6, 6.07) is 12.7. The van der Waals surface area contributed by atoms with Crippen molar-refractivity contribution in [1.29, 1.82) is 0 Å². The van der Waals surface area contributed by atoms with Gasteiger partial charge >= 0.3 is 0 Å². The number of rotatable bonds is 3. The normalized spacial score (nSPS) is 12.4. The van der Waals surface area contributed by atoms with Crippen molar-refractivity contribution in [3.05, 3.63) is 68.7 Å². The lowest BCUT2D eigenvalue weighted by molar-refractivity contribution is 0.722. The monoisotopic (exact) mass is 299 g/mol. The van der Waals surface area contributed by atoms with Crippen LogP contribution in [0.2, 0.25) is 15.1 Å². The second-order valence-electron chi connectivity index (χ2n) is 4.04. The summed E-state index contributed by atoms with van der Waals surface area (Å²) in [5.41, 5.74) is 7.92. The standard InChI is InChI=1S/C14H12Cl3N/c15-10-5-2-1-4-9(10)8-13(18)14-11(16)6-3-7-12(14)17/h1-7,13H,8,18H2. The zero-order valence-corrected chi connectivity index (χ0v) is 11.8. The van der Waals surface area contributed by atoms with Crippen LogP contribution in [0.25, 0.3) is 0 Å². The van der Waals surface area contributed by atoms with E-state index in [1.54, 1.807) is 18.2 Å². The van der Waals surface area contributed by atoms with Crippen molar-refractivity contribution in [1.82, 2.24) is 0 Å². The summed E-state index contributed by atoms with van der Waals surface area (Å²) in [6.07, 6.45) is 0.600. The number of halogens is 3. The third kappa shape index (κ3) is 2.99. The maximum atomic E-state index is 6.17. The van der Waals surface area contributed by atoms with E-state index in [-0.39, 0.29) is 6.04 Å². The lowest BCUT2D eigenvalue weighted by Crippen LogP contribution is -2.14. The number of hydrogen-bond donors (Lipinski definition) is 1. The third-order valence-electron chi connectivity index (χ3n) is 2.77. The minimum atomic E-state index is -0.272. The van der Waals surface area contributed by atoms with E-state index in [9.17, 15) is 0 Å². The molecule has 0 aliphatic carbocycles. The highest BCUT2D eigenvalue weighted by Gasteiger charge is 2.15. The van der Waals surface area contributed by atoms with E-state index in [2.05, 4.69) is 0 Å². The van der Waals surface area contributed by atoms with E-state index >= 15 is 0 Å². The predicted molar refractivity (Wildman–Crippen MR) is 78.5 cm³/mol. The molecular weight excluding hydrogens is 289 g/mol. The molecule has 0 aromatic heterocycles. The van der Waals surface area contributed by atoms with Gasteiger partial charge in [-0.3, -0.25) is 0 Å². The SMILES string of the molecule is NC(Cc1ccccc1Cl)c1c(Cl)cccc1Cl. The van der Waals surface area contributed by atoms with Crippen molar-refractivity contribution in [2.24, 2.45) is 5.73 Å². The maximum absolute atomic E-state index is 6.17. The zero-order valence-electron chi connectivity index (χ0n) is 9.54. The average Bonchev–Trinajstić information content (AvgIpc) is 2.32. The van der Waals surface area contributed by atoms with Gasteiger partial charge in [-0.05, 0) is 30.2 Å². The fourth-order valence-corrected chi connectivity index (χ4v) is 2.76. The molecule has 0 radical (unpaired) electrons. The average molecular weight is 301 g/mol. The molecule has 94 valence electrons. The van der Waals surface area contributed by atoms with Gasteiger partial charge in [-0.1, -0.05) is 59.1 Å². The molecule has 0 aliphatic heterocycles. The topological polar surface area (TPSA) is 26.0 Å². The van der Waals surface area contributed by atoms with Crippen LogP contribution in [0, 0.1) is 0 Å². The van der Waals surface area contributed by atoms with Gasteiger partial charge in [-0.2, -0.15) is 0 Å². The van der Waals surface area contributed by atoms with E-state index in [4.69, 9.17) is 40.5 Å². The fourth-order valence-electron chi connectivity index (χ4n) is 1.87. The molecule has 1 atom stereocenters. The Balaban J connectivity index is 2.28. The maximum Gasteiger partial charge on any atom is 0.0468 e. The Labute approximate surface area is 121 Å². The van der Waals surface area contributed by atoms with Crippen LogP contribution >= 0.6 is 34.8 Å². The Bertz CT molecular complexity index is 534. The highest BCUT2D eigenvalue weighted by Crippen LogP contribution is 2.31. The van der Waals surface area contributed by atoms with Gasteiger partial charge in [0.1, 0.15) is 0 Å². The summed E-state index contributed by atoms with van der Waals surface area (Å²) in [4.78, 5) is 0. The first-order valence-corrected chi connectivity index (χ1v) is 6.66. The van der Waals surface area contributed by atoms with Gasteiger partial charge in [-0.15, -0.1) is 0 Å². The molecule has 2 aromatic rings. The molecule has 0 aliphatic rings. The summed E-state index contributed by atoms with van der Waals surface area (Å²) >= 11 is 18.4. The molecule has 0 saturated heterocycles. The van der Waals surface area contributed by atoms with E-state index in [0.29, 0.717) is 21.5 Å². The summed E-state index contributed by atoms with van der Waals surface area (Å²) in [5.74, 6) is 0. The highest BCUT2D eigenvalue weighted by molar-refractivity contribution is 6.36. The zero-order chi connectivity index (χ0) is 13.1. The minimum Gasteiger partial charge on any atom is -0.324 e. The largest absolute Gasteiger partial charge is 0.324 e. The van der Waals surface area contributed by atoms with Crippen molar-refractivity contribution in [3.63, 3.8) is 0 Å². The van der Waals surface area contributed by atoms with Crippen molar-refractivity contribution >= 4 is 34.8 Å². The van der Waals surface area contributed by atoms with Crippen molar-refractivity contribution in [3.8, 4) is 0 Å². The molecule has 1 unspecified atom stereocenters. The Hall–Kier alpha value is -0.730. The van der Waals surface area contributed by atoms with Crippen molar-refractivity contribution in [2.75, 3.05) is 0 Å². The Morgan fingerprint density at radius 2 is 1.39 bits per heavy atom. The van der Waals surface area contributed by atoms with Gasteiger partial charge in [0, 0.05) is 26.7 Å². The second-order valence-corrected chi connectivity index (χ2v) is 5.26. The molecule has 0 fully saturated rings. The molecule has 0 spiro atoms. The molecule has 2 rings (SSSR count). The van der Waals surface area contributed by atoms with E-state index in [1.807, 2.05) is 24.3 Å². The summed E-state index contributed by atoms with van der Waals surface area (Å²) in [5, 5.41) is 1.88. The Kier molecular flexibility index (Phi) is 4.52. The molecule has 2 aromatic carbocycles. The van der Waals surface area contributed by atoms with Crippen LogP contribution in [0.1, 0.15) is 17.2 Å². The minimum absolute atomic E-state index is 0.272. The van der Waals surface area contributed by atoms with Crippen molar-refractivity contribution in [2.45, 2.75) is 12.5 Å². The molecule has 0 heterocycles.